The molecule has 7 atom stereocenters. The molecule has 0 amide bonds. The van der Waals surface area contributed by atoms with E-state index in [1.807, 2.05) is 13.2 Å². The first kappa shape index (κ1) is 20.2. The number of hydrogen-bond acceptors (Lipinski definition) is 3. The molecule has 0 aliphatic heterocycles. The summed E-state index contributed by atoms with van der Waals surface area (Å²) < 4.78 is 12.9. The molecule has 0 aromatic carbocycles. The molecule has 4 fully saturated rings. The van der Waals surface area contributed by atoms with Crippen molar-refractivity contribution in [3.05, 3.63) is 12.2 Å². The summed E-state index contributed by atoms with van der Waals surface area (Å²) >= 11 is 0. The third-order valence-corrected chi connectivity index (χ3v) is 10.3. The van der Waals surface area contributed by atoms with E-state index in [0.29, 0.717) is 23.2 Å². The molecule has 3 heteroatoms. The maximum atomic E-state index is 12.0. The minimum atomic E-state index is -0.326. The van der Waals surface area contributed by atoms with E-state index in [0.717, 1.165) is 37.0 Å². The van der Waals surface area contributed by atoms with Gasteiger partial charge in [0.1, 0.15) is 0 Å². The zero-order valence-corrected chi connectivity index (χ0v) is 18.8. The SMILES string of the molecule is COC1(O[C@@H]2CC[C@H]3[C@@H]4CC[C@@H]5CC(=O)C=C[C@]5(C)[C@H]4CC[C@]23C)CCCCC1. The number of allylic oxidation sites excluding steroid dienone is 2. The Balaban J connectivity index is 1.37. The average molecular weight is 401 g/mol. The van der Waals surface area contributed by atoms with Crippen LogP contribution < -0.4 is 0 Å². The summed E-state index contributed by atoms with van der Waals surface area (Å²) in [5.74, 6) is 2.90. The van der Waals surface area contributed by atoms with Gasteiger partial charge in [0.05, 0.1) is 6.10 Å². The van der Waals surface area contributed by atoms with Crippen molar-refractivity contribution in [1.82, 2.24) is 0 Å². The van der Waals surface area contributed by atoms with Gasteiger partial charge in [0.25, 0.3) is 0 Å². The maximum Gasteiger partial charge on any atom is 0.168 e. The van der Waals surface area contributed by atoms with Gasteiger partial charge in [-0.3, -0.25) is 4.79 Å². The molecule has 5 aliphatic carbocycles. The molecule has 162 valence electrons. The number of rotatable bonds is 3. The lowest BCUT2D eigenvalue weighted by Crippen LogP contribution is -2.54. The molecule has 5 aliphatic rings. The molecule has 3 nitrogen and oxygen atoms in total. The van der Waals surface area contributed by atoms with Gasteiger partial charge < -0.3 is 9.47 Å². The highest BCUT2D eigenvalue weighted by Gasteiger charge is 2.60. The van der Waals surface area contributed by atoms with E-state index in [4.69, 9.17) is 9.47 Å². The number of carbonyl (C=O) groups excluding carboxylic acids is 1. The molecule has 0 radical (unpaired) electrons. The monoisotopic (exact) mass is 400 g/mol. The van der Waals surface area contributed by atoms with Crippen LogP contribution in [0.5, 0.6) is 0 Å². The molecule has 4 saturated carbocycles. The normalized spacial score (nSPS) is 48.7. The van der Waals surface area contributed by atoms with Gasteiger partial charge >= 0.3 is 0 Å². The van der Waals surface area contributed by atoms with E-state index >= 15 is 0 Å². The van der Waals surface area contributed by atoms with E-state index in [1.165, 1.54) is 57.8 Å². The zero-order chi connectivity index (χ0) is 20.3. The summed E-state index contributed by atoms with van der Waals surface area (Å²) in [4.78, 5) is 12.0. The molecular formula is C26H40O3. The van der Waals surface area contributed by atoms with Crippen LogP contribution in [0.3, 0.4) is 0 Å². The second kappa shape index (κ2) is 7.19. The minimum absolute atomic E-state index is 0.230. The van der Waals surface area contributed by atoms with Gasteiger partial charge in [-0.2, -0.15) is 0 Å². The van der Waals surface area contributed by atoms with Crippen molar-refractivity contribution in [1.29, 1.82) is 0 Å². The van der Waals surface area contributed by atoms with Crippen LogP contribution in [0.25, 0.3) is 0 Å². The Bertz CT molecular complexity index is 677. The smallest absolute Gasteiger partial charge is 0.168 e. The summed E-state index contributed by atoms with van der Waals surface area (Å²) in [6, 6.07) is 0. The first-order chi connectivity index (χ1) is 13.9. The van der Waals surface area contributed by atoms with E-state index in [2.05, 4.69) is 19.9 Å². The van der Waals surface area contributed by atoms with E-state index < -0.39 is 0 Å². The third-order valence-electron chi connectivity index (χ3n) is 10.3. The molecule has 0 aromatic heterocycles. The quantitative estimate of drug-likeness (QED) is 0.540. The Morgan fingerprint density at radius 2 is 1.72 bits per heavy atom. The second-order valence-corrected chi connectivity index (χ2v) is 11.4. The molecule has 0 saturated heterocycles. The van der Waals surface area contributed by atoms with Crippen LogP contribution in [0, 0.1) is 34.5 Å². The van der Waals surface area contributed by atoms with Crippen LogP contribution in [-0.4, -0.2) is 24.8 Å². The summed E-state index contributed by atoms with van der Waals surface area (Å²) in [6.07, 6.45) is 18.9. The van der Waals surface area contributed by atoms with Crippen LogP contribution in [0.1, 0.15) is 90.9 Å². The van der Waals surface area contributed by atoms with Crippen LogP contribution in [0.2, 0.25) is 0 Å². The van der Waals surface area contributed by atoms with Crippen molar-refractivity contribution in [2.24, 2.45) is 34.5 Å². The molecule has 0 heterocycles. The van der Waals surface area contributed by atoms with Crippen molar-refractivity contribution >= 4 is 5.78 Å². The van der Waals surface area contributed by atoms with Gasteiger partial charge in [0.2, 0.25) is 0 Å². The van der Waals surface area contributed by atoms with E-state index in [9.17, 15) is 4.79 Å². The highest BCUT2D eigenvalue weighted by atomic mass is 16.7. The summed E-state index contributed by atoms with van der Waals surface area (Å²) in [6.45, 7) is 5.00. The van der Waals surface area contributed by atoms with Crippen LogP contribution in [0.4, 0.5) is 0 Å². The molecular weight excluding hydrogens is 360 g/mol. The van der Waals surface area contributed by atoms with Gasteiger partial charge in [-0.05, 0) is 91.9 Å². The van der Waals surface area contributed by atoms with Crippen molar-refractivity contribution in [2.45, 2.75) is 103 Å². The topological polar surface area (TPSA) is 35.5 Å². The van der Waals surface area contributed by atoms with Crippen molar-refractivity contribution < 1.29 is 14.3 Å². The van der Waals surface area contributed by atoms with Crippen LogP contribution in [-0.2, 0) is 14.3 Å². The fraction of sp³-hybridized carbons (Fsp3) is 0.885. The van der Waals surface area contributed by atoms with Crippen LogP contribution in [0.15, 0.2) is 12.2 Å². The fourth-order valence-electron chi connectivity index (χ4n) is 8.50. The second-order valence-electron chi connectivity index (χ2n) is 11.4. The number of ether oxygens (including phenoxy) is 2. The number of carbonyl (C=O) groups is 1. The Morgan fingerprint density at radius 3 is 2.48 bits per heavy atom. The Morgan fingerprint density at radius 1 is 0.931 bits per heavy atom. The summed E-state index contributed by atoms with van der Waals surface area (Å²) in [5.41, 5.74) is 0.524. The van der Waals surface area contributed by atoms with Gasteiger partial charge in [-0.1, -0.05) is 26.3 Å². The molecule has 0 aromatic rings. The van der Waals surface area contributed by atoms with Gasteiger partial charge in [-0.15, -0.1) is 0 Å². The molecule has 5 rings (SSSR count). The number of hydrogen-bond donors (Lipinski definition) is 0. The zero-order valence-electron chi connectivity index (χ0n) is 18.8. The number of ketones is 1. The van der Waals surface area contributed by atoms with E-state index in [-0.39, 0.29) is 11.2 Å². The Hall–Kier alpha value is -0.670. The fourth-order valence-corrected chi connectivity index (χ4v) is 8.50. The van der Waals surface area contributed by atoms with Crippen molar-refractivity contribution in [3.8, 4) is 0 Å². The lowest BCUT2D eigenvalue weighted by Gasteiger charge is -2.59. The summed E-state index contributed by atoms with van der Waals surface area (Å²) in [5, 5.41) is 0. The molecule has 0 spiro atoms. The van der Waals surface area contributed by atoms with E-state index in [1.54, 1.807) is 0 Å². The minimum Gasteiger partial charge on any atom is -0.353 e. The Kier molecular flexibility index (Phi) is 5.02. The largest absolute Gasteiger partial charge is 0.353 e. The van der Waals surface area contributed by atoms with Crippen molar-refractivity contribution in [2.75, 3.05) is 7.11 Å². The highest BCUT2D eigenvalue weighted by Crippen LogP contribution is 2.66. The Labute approximate surface area is 177 Å². The number of fused-ring (bicyclic) bond motifs is 5. The molecule has 0 N–H and O–H groups in total. The number of methoxy groups -OCH3 is 1. The van der Waals surface area contributed by atoms with Gasteiger partial charge in [0.15, 0.2) is 11.6 Å². The molecule has 0 bridgehead atoms. The first-order valence-corrected chi connectivity index (χ1v) is 12.4. The maximum absolute atomic E-state index is 12.0. The predicted molar refractivity (Wildman–Crippen MR) is 114 cm³/mol. The lowest BCUT2D eigenvalue weighted by atomic mass is 9.46. The van der Waals surface area contributed by atoms with Crippen molar-refractivity contribution in [3.63, 3.8) is 0 Å². The summed E-state index contributed by atoms with van der Waals surface area (Å²) in [7, 11) is 1.86. The standard InChI is InChI=1S/C26H40O3/c1-24-15-11-19(27)17-18(24)7-8-20-21-9-10-23(25(21,2)16-12-22(20)24)29-26(28-3)13-5-4-6-14-26/h11,15,18,20-23H,4-10,12-14,16-17H2,1-3H3/t18-,20+,21+,22+,23-,24+,25+/m1/s1. The molecule has 29 heavy (non-hydrogen) atoms. The van der Waals surface area contributed by atoms with Crippen LogP contribution >= 0.6 is 0 Å². The van der Waals surface area contributed by atoms with Gasteiger partial charge in [-0.25, -0.2) is 0 Å². The molecule has 0 unspecified atom stereocenters. The third kappa shape index (κ3) is 3.09. The predicted octanol–water partition coefficient (Wildman–Crippen LogP) is 6.07. The average Bonchev–Trinajstić information content (AvgIpc) is 3.05. The highest BCUT2D eigenvalue weighted by molar-refractivity contribution is 5.91. The van der Waals surface area contributed by atoms with Gasteiger partial charge in [0, 0.05) is 26.4 Å². The lowest BCUT2D eigenvalue weighted by molar-refractivity contribution is -0.280. The first-order valence-electron chi connectivity index (χ1n) is 12.4.